The molecule has 3 rings (SSSR count). The Hall–Kier alpha value is -2.40. The van der Waals surface area contributed by atoms with Gasteiger partial charge in [0.15, 0.2) is 0 Å². The van der Waals surface area contributed by atoms with Gasteiger partial charge in [-0.15, -0.1) is 0 Å². The number of hydrogen-bond donors (Lipinski definition) is 0. The Bertz CT molecular complexity index is 778. The van der Waals surface area contributed by atoms with Gasteiger partial charge in [-0.3, -0.25) is 9.78 Å². The molecule has 0 unspecified atom stereocenters. The smallest absolute Gasteiger partial charge is 0.253 e. The molecule has 1 amide bonds. The van der Waals surface area contributed by atoms with Gasteiger partial charge in [-0.1, -0.05) is 26.8 Å². The number of carbonyl (C=O) groups is 1. The maximum Gasteiger partial charge on any atom is 0.253 e. The lowest BCUT2D eigenvalue weighted by atomic mass is 9.82. The molecule has 1 aromatic carbocycles. The quantitative estimate of drug-likeness (QED) is 0.697. The minimum Gasteiger partial charge on any atom is -0.491 e. The third-order valence-electron chi connectivity index (χ3n) is 5.48. The molecule has 1 saturated heterocycles. The molecule has 2 heterocycles. The number of likely N-dealkylation sites (N-methyl/N-ethyl adjacent to an activating group) is 1. The minimum atomic E-state index is -0.0771. The topological polar surface area (TPSA) is 51.7 Å². The van der Waals surface area contributed by atoms with E-state index >= 15 is 0 Å². The molecular formula is C24H32N2O3. The van der Waals surface area contributed by atoms with E-state index in [9.17, 15) is 4.79 Å². The maximum absolute atomic E-state index is 13.1. The molecule has 1 fully saturated rings. The highest BCUT2D eigenvalue weighted by atomic mass is 16.5. The van der Waals surface area contributed by atoms with Crippen molar-refractivity contribution in [1.29, 1.82) is 0 Å². The van der Waals surface area contributed by atoms with Gasteiger partial charge >= 0.3 is 0 Å². The van der Waals surface area contributed by atoms with Crippen molar-refractivity contribution in [2.75, 3.05) is 20.3 Å². The zero-order valence-electron chi connectivity index (χ0n) is 17.9. The summed E-state index contributed by atoms with van der Waals surface area (Å²) in [6.45, 7) is 7.86. The summed E-state index contributed by atoms with van der Waals surface area (Å²) < 4.78 is 11.4. The Morgan fingerprint density at radius 2 is 2.00 bits per heavy atom. The SMILES string of the molecule is CN(C(=O)c1ccc(OC[C@H]2CCCO2)cc1)[C@H](Cc1ccccn1)C(C)(C)C. The van der Waals surface area contributed by atoms with Gasteiger partial charge in [-0.2, -0.15) is 0 Å². The molecule has 2 aromatic rings. The fraction of sp³-hybridized carbons (Fsp3) is 0.500. The average Bonchev–Trinajstić information content (AvgIpc) is 3.23. The Labute approximate surface area is 174 Å². The molecule has 156 valence electrons. The van der Waals surface area contributed by atoms with Crippen LogP contribution in [0.25, 0.3) is 0 Å². The van der Waals surface area contributed by atoms with Crippen LogP contribution in [0.1, 0.15) is 49.7 Å². The van der Waals surface area contributed by atoms with E-state index in [-0.39, 0.29) is 23.5 Å². The standard InChI is InChI=1S/C24H32N2O3/c1-24(2,3)22(16-19-8-5-6-14-25-19)26(4)23(27)18-10-12-20(13-11-18)29-17-21-9-7-15-28-21/h5-6,8,10-14,21-22H,7,9,15-17H2,1-4H3/t21-,22-/m1/s1. The molecule has 5 nitrogen and oxygen atoms in total. The molecular weight excluding hydrogens is 364 g/mol. The molecule has 2 atom stereocenters. The normalized spacial score (nSPS) is 17.7. The highest BCUT2D eigenvalue weighted by Crippen LogP contribution is 2.28. The van der Waals surface area contributed by atoms with Gasteiger partial charge in [0.1, 0.15) is 12.4 Å². The zero-order chi connectivity index (χ0) is 20.9. The largest absolute Gasteiger partial charge is 0.491 e. The van der Waals surface area contributed by atoms with Gasteiger partial charge in [-0.25, -0.2) is 0 Å². The summed E-state index contributed by atoms with van der Waals surface area (Å²) in [5.41, 5.74) is 1.57. The number of carbonyl (C=O) groups excluding carboxylic acids is 1. The highest BCUT2D eigenvalue weighted by Gasteiger charge is 2.32. The number of pyridine rings is 1. The van der Waals surface area contributed by atoms with Crippen molar-refractivity contribution in [2.45, 2.75) is 52.2 Å². The Morgan fingerprint density at radius 3 is 2.59 bits per heavy atom. The van der Waals surface area contributed by atoms with Crippen molar-refractivity contribution in [3.8, 4) is 5.75 Å². The number of ether oxygens (including phenoxy) is 2. The van der Waals surface area contributed by atoms with Gasteiger partial charge in [0.25, 0.3) is 5.91 Å². The number of hydrogen-bond acceptors (Lipinski definition) is 4. The van der Waals surface area contributed by atoms with Crippen molar-refractivity contribution in [3.05, 3.63) is 59.9 Å². The first-order valence-corrected chi connectivity index (χ1v) is 10.4. The molecule has 1 aliphatic heterocycles. The molecule has 0 spiro atoms. The van der Waals surface area contributed by atoms with Crippen LogP contribution in [-0.2, 0) is 11.2 Å². The monoisotopic (exact) mass is 396 g/mol. The Morgan fingerprint density at radius 1 is 1.24 bits per heavy atom. The Balaban J connectivity index is 1.66. The first kappa shape index (κ1) is 21.3. The predicted molar refractivity (Wildman–Crippen MR) is 114 cm³/mol. The van der Waals surface area contributed by atoms with Gasteiger partial charge in [-0.05, 0) is 54.7 Å². The average molecular weight is 397 g/mol. The first-order valence-electron chi connectivity index (χ1n) is 10.4. The minimum absolute atomic E-state index is 0.00605. The summed E-state index contributed by atoms with van der Waals surface area (Å²) in [7, 11) is 1.88. The number of aromatic nitrogens is 1. The van der Waals surface area contributed by atoms with Crippen LogP contribution < -0.4 is 4.74 Å². The van der Waals surface area contributed by atoms with E-state index in [1.807, 2.05) is 54.4 Å². The van der Waals surface area contributed by atoms with Crippen LogP contribution in [0, 0.1) is 5.41 Å². The van der Waals surface area contributed by atoms with Gasteiger partial charge < -0.3 is 14.4 Å². The summed E-state index contributed by atoms with van der Waals surface area (Å²) in [5, 5.41) is 0. The summed E-state index contributed by atoms with van der Waals surface area (Å²) in [6, 6.07) is 13.3. The summed E-state index contributed by atoms with van der Waals surface area (Å²) >= 11 is 0. The second kappa shape index (κ2) is 9.40. The third kappa shape index (κ3) is 5.80. The zero-order valence-corrected chi connectivity index (χ0v) is 17.9. The van der Waals surface area contributed by atoms with Crippen LogP contribution in [0.4, 0.5) is 0 Å². The summed E-state index contributed by atoms with van der Waals surface area (Å²) in [6.07, 6.45) is 4.84. The number of benzene rings is 1. The van der Waals surface area contributed by atoms with Crippen LogP contribution in [0.3, 0.4) is 0 Å². The predicted octanol–water partition coefficient (Wildman–Crippen LogP) is 4.37. The second-order valence-electron chi connectivity index (χ2n) is 8.79. The second-order valence-corrected chi connectivity index (χ2v) is 8.79. The van der Waals surface area contributed by atoms with Crippen LogP contribution in [0.2, 0.25) is 0 Å². The van der Waals surface area contributed by atoms with Crippen molar-refractivity contribution in [3.63, 3.8) is 0 Å². The summed E-state index contributed by atoms with van der Waals surface area (Å²) in [4.78, 5) is 19.4. The van der Waals surface area contributed by atoms with Gasteiger partial charge in [0.05, 0.1) is 6.10 Å². The van der Waals surface area contributed by atoms with E-state index in [4.69, 9.17) is 9.47 Å². The van der Waals surface area contributed by atoms with E-state index in [0.29, 0.717) is 12.2 Å². The van der Waals surface area contributed by atoms with Crippen molar-refractivity contribution >= 4 is 5.91 Å². The molecule has 0 N–H and O–H groups in total. The van der Waals surface area contributed by atoms with E-state index < -0.39 is 0 Å². The van der Waals surface area contributed by atoms with Gasteiger partial charge in [0.2, 0.25) is 0 Å². The molecule has 29 heavy (non-hydrogen) atoms. The van der Waals surface area contributed by atoms with E-state index in [1.165, 1.54) is 0 Å². The van der Waals surface area contributed by atoms with Gasteiger partial charge in [0, 0.05) is 43.6 Å². The van der Waals surface area contributed by atoms with Crippen LogP contribution in [0.5, 0.6) is 5.75 Å². The van der Waals surface area contributed by atoms with Crippen molar-refractivity contribution < 1.29 is 14.3 Å². The molecule has 0 saturated carbocycles. The maximum atomic E-state index is 13.1. The fourth-order valence-electron chi connectivity index (χ4n) is 3.74. The Kier molecular flexibility index (Phi) is 6.91. The van der Waals surface area contributed by atoms with E-state index in [0.717, 1.165) is 37.3 Å². The summed E-state index contributed by atoms with van der Waals surface area (Å²) in [5.74, 6) is 0.770. The van der Waals surface area contributed by atoms with Crippen molar-refractivity contribution in [1.82, 2.24) is 9.88 Å². The molecule has 0 bridgehead atoms. The molecule has 0 aliphatic carbocycles. The molecule has 5 heteroatoms. The third-order valence-corrected chi connectivity index (χ3v) is 5.48. The van der Waals surface area contributed by atoms with E-state index in [2.05, 4.69) is 25.8 Å². The molecule has 1 aromatic heterocycles. The van der Waals surface area contributed by atoms with E-state index in [1.54, 1.807) is 6.20 Å². The highest BCUT2D eigenvalue weighted by molar-refractivity contribution is 5.94. The van der Waals surface area contributed by atoms with Crippen LogP contribution in [-0.4, -0.2) is 48.2 Å². The first-order chi connectivity index (χ1) is 13.8. The molecule has 0 radical (unpaired) electrons. The lowest BCUT2D eigenvalue weighted by molar-refractivity contribution is 0.0595. The fourth-order valence-corrected chi connectivity index (χ4v) is 3.74. The molecule has 1 aliphatic rings. The van der Waals surface area contributed by atoms with Crippen LogP contribution in [0.15, 0.2) is 48.7 Å². The van der Waals surface area contributed by atoms with Crippen molar-refractivity contribution in [2.24, 2.45) is 5.41 Å². The van der Waals surface area contributed by atoms with Crippen LogP contribution >= 0.6 is 0 Å². The lowest BCUT2D eigenvalue weighted by Gasteiger charge is -2.38. The lowest BCUT2D eigenvalue weighted by Crippen LogP contribution is -2.46. The number of nitrogens with zero attached hydrogens (tertiary/aromatic N) is 2. The number of amides is 1. The number of rotatable bonds is 7.